The van der Waals surface area contributed by atoms with Crippen LogP contribution in [-0.2, 0) is 22.9 Å². The molecule has 0 saturated carbocycles. The topological polar surface area (TPSA) is 145 Å². The normalized spacial score (nSPS) is 23.8. The molecule has 0 amide bonds. The largest absolute Gasteiger partial charge is 0.491 e. The van der Waals surface area contributed by atoms with E-state index in [9.17, 15) is 18.9 Å². The maximum absolute atomic E-state index is 12.9. The summed E-state index contributed by atoms with van der Waals surface area (Å²) >= 11 is 0. The summed E-state index contributed by atoms with van der Waals surface area (Å²) in [6, 6.07) is 14.0. The van der Waals surface area contributed by atoms with Crippen LogP contribution in [0.15, 0.2) is 48.5 Å². The average molecular weight is 559 g/mol. The predicted molar refractivity (Wildman–Crippen MR) is 139 cm³/mol. The number of para-hydroxylation sites is 2. The molecule has 11 nitrogen and oxygen atoms in total. The van der Waals surface area contributed by atoms with Crippen LogP contribution in [-0.4, -0.2) is 63.5 Å². The van der Waals surface area contributed by atoms with Gasteiger partial charge in [-0.2, -0.15) is 0 Å². The third-order valence-electron chi connectivity index (χ3n) is 5.85. The molecule has 2 aromatic rings. The van der Waals surface area contributed by atoms with Gasteiger partial charge in [-0.15, -0.1) is 0 Å². The third-order valence-corrected chi connectivity index (χ3v) is 9.13. The van der Waals surface area contributed by atoms with Crippen LogP contribution in [0.4, 0.5) is 0 Å². The first-order chi connectivity index (χ1) is 17.8. The van der Waals surface area contributed by atoms with E-state index in [0.29, 0.717) is 48.6 Å². The second kappa shape index (κ2) is 14.4. The highest BCUT2D eigenvalue weighted by atomic mass is 31.2. The van der Waals surface area contributed by atoms with Crippen LogP contribution in [0, 0.1) is 0 Å². The van der Waals surface area contributed by atoms with Crippen molar-refractivity contribution >= 4 is 15.2 Å². The Morgan fingerprint density at radius 1 is 0.730 bits per heavy atom. The van der Waals surface area contributed by atoms with Gasteiger partial charge in [0.05, 0.1) is 13.2 Å². The lowest BCUT2D eigenvalue weighted by atomic mass is 10.2. The minimum Gasteiger partial charge on any atom is -0.491 e. The van der Waals surface area contributed by atoms with Crippen molar-refractivity contribution in [2.75, 3.05) is 53.7 Å². The first-order valence-corrected chi connectivity index (χ1v) is 15.3. The smallest absolute Gasteiger partial charge is 0.349 e. The molecule has 2 aromatic carbocycles. The molecule has 37 heavy (non-hydrogen) atoms. The zero-order valence-corrected chi connectivity index (χ0v) is 22.9. The van der Waals surface area contributed by atoms with E-state index in [1.54, 1.807) is 48.5 Å². The quantitative estimate of drug-likeness (QED) is 0.407. The van der Waals surface area contributed by atoms with Gasteiger partial charge in [-0.1, -0.05) is 36.4 Å². The standard InChI is InChI=1S/C24H36N2O9P2/c1-31-36(27,28)23-19-9-3-5-11-21(19)34-17-15-33-16-18-35-22-12-6-4-10-20(22)24(37(29,30)32-2)26-14-8-7-13-25-23/h3-6,9-12,23-26H,7-8,13-18H2,1-2H3,(H,27,28)(H,29,30). The number of rotatable bonds is 4. The van der Waals surface area contributed by atoms with Crippen LogP contribution in [0.5, 0.6) is 11.5 Å². The Morgan fingerprint density at radius 2 is 1.14 bits per heavy atom. The van der Waals surface area contributed by atoms with Crippen LogP contribution < -0.4 is 20.1 Å². The molecule has 206 valence electrons. The SMILES string of the molecule is COP(=O)(O)C1NCCCCNC(P(=O)(O)OC)c2ccccc2OCCOCCOc2ccccc21. The van der Waals surface area contributed by atoms with Crippen molar-refractivity contribution in [3.8, 4) is 11.5 Å². The van der Waals surface area contributed by atoms with E-state index in [0.717, 1.165) is 0 Å². The third kappa shape index (κ3) is 8.35. The maximum atomic E-state index is 12.9. The molecule has 3 rings (SSSR count). The first kappa shape index (κ1) is 29.8. The molecule has 0 aromatic heterocycles. The van der Waals surface area contributed by atoms with Crippen molar-refractivity contribution in [3.05, 3.63) is 59.7 Å². The summed E-state index contributed by atoms with van der Waals surface area (Å²) < 4.78 is 53.0. The van der Waals surface area contributed by atoms with Gasteiger partial charge in [0, 0.05) is 25.3 Å². The Labute approximate surface area is 217 Å². The Kier molecular flexibility index (Phi) is 11.6. The lowest BCUT2D eigenvalue weighted by molar-refractivity contribution is 0.0758. The van der Waals surface area contributed by atoms with Crippen LogP contribution in [0.1, 0.15) is 35.5 Å². The number of fused-ring (bicyclic) bond motifs is 2. The molecular weight excluding hydrogens is 522 g/mol. The lowest BCUT2D eigenvalue weighted by Crippen LogP contribution is -2.26. The van der Waals surface area contributed by atoms with Crippen LogP contribution >= 0.6 is 15.2 Å². The highest BCUT2D eigenvalue weighted by Gasteiger charge is 2.36. The molecule has 4 N–H and O–H groups in total. The summed E-state index contributed by atoms with van der Waals surface area (Å²) in [7, 11) is -5.72. The van der Waals surface area contributed by atoms with E-state index >= 15 is 0 Å². The average Bonchev–Trinajstić information content (AvgIpc) is 2.90. The number of nitrogens with one attached hydrogen (secondary N) is 2. The van der Waals surface area contributed by atoms with E-state index in [2.05, 4.69) is 10.6 Å². The van der Waals surface area contributed by atoms with Gasteiger partial charge in [0.15, 0.2) is 0 Å². The molecule has 0 aliphatic carbocycles. The molecule has 0 bridgehead atoms. The fourth-order valence-corrected chi connectivity index (χ4v) is 6.21. The molecule has 13 heteroatoms. The van der Waals surface area contributed by atoms with E-state index in [1.807, 2.05) is 0 Å². The summed E-state index contributed by atoms with van der Waals surface area (Å²) in [6.45, 7) is 1.75. The van der Waals surface area contributed by atoms with Crippen molar-refractivity contribution in [1.82, 2.24) is 10.6 Å². The summed E-state index contributed by atoms with van der Waals surface area (Å²) in [5.41, 5.74) is 1.01. The van der Waals surface area contributed by atoms with Crippen molar-refractivity contribution in [2.45, 2.75) is 24.4 Å². The summed E-state index contributed by atoms with van der Waals surface area (Å²) in [4.78, 5) is 21.0. The zero-order chi connectivity index (χ0) is 26.7. The second-order valence-electron chi connectivity index (χ2n) is 8.30. The molecule has 4 unspecified atom stereocenters. The van der Waals surface area contributed by atoms with E-state index < -0.39 is 26.8 Å². The van der Waals surface area contributed by atoms with Crippen molar-refractivity contribution in [2.24, 2.45) is 0 Å². The van der Waals surface area contributed by atoms with Crippen LogP contribution in [0.25, 0.3) is 0 Å². The second-order valence-corrected chi connectivity index (χ2v) is 12.3. The summed E-state index contributed by atoms with van der Waals surface area (Å²) in [6.07, 6.45) is 1.22. The van der Waals surface area contributed by atoms with Gasteiger partial charge in [-0.25, -0.2) is 0 Å². The molecular formula is C24H36N2O9P2. The molecule has 1 heterocycles. The molecule has 0 spiro atoms. The fourth-order valence-electron chi connectivity index (χ4n) is 3.94. The molecule has 1 aliphatic rings. The fraction of sp³-hybridized carbons (Fsp3) is 0.500. The first-order valence-electron chi connectivity index (χ1n) is 12.0. The van der Waals surface area contributed by atoms with Crippen molar-refractivity contribution < 1.29 is 42.2 Å². The van der Waals surface area contributed by atoms with Gasteiger partial charge < -0.3 is 33.0 Å². The highest BCUT2D eigenvalue weighted by Crippen LogP contribution is 2.56. The lowest BCUT2D eigenvalue weighted by Gasteiger charge is -2.25. The maximum Gasteiger partial charge on any atom is 0.349 e. The number of hydrogen-bond donors (Lipinski definition) is 4. The van der Waals surface area contributed by atoms with E-state index in [4.69, 9.17) is 23.3 Å². The van der Waals surface area contributed by atoms with E-state index in [1.165, 1.54) is 14.2 Å². The van der Waals surface area contributed by atoms with Crippen molar-refractivity contribution in [1.29, 1.82) is 0 Å². The Bertz CT molecular complexity index is 1000. The Morgan fingerprint density at radius 3 is 1.54 bits per heavy atom. The minimum absolute atomic E-state index is 0.219. The zero-order valence-electron chi connectivity index (χ0n) is 21.1. The van der Waals surface area contributed by atoms with Crippen LogP contribution in [0.3, 0.4) is 0 Å². The molecule has 1 aliphatic heterocycles. The minimum atomic E-state index is -4.05. The number of hydrogen-bond acceptors (Lipinski definition) is 9. The van der Waals surface area contributed by atoms with Crippen LogP contribution in [0.2, 0.25) is 0 Å². The van der Waals surface area contributed by atoms with Gasteiger partial charge in [0.2, 0.25) is 0 Å². The summed E-state index contributed by atoms with van der Waals surface area (Å²) in [5, 5.41) is 6.25. The van der Waals surface area contributed by atoms with Crippen molar-refractivity contribution in [3.63, 3.8) is 0 Å². The van der Waals surface area contributed by atoms with Gasteiger partial charge in [0.25, 0.3) is 0 Å². The highest BCUT2D eigenvalue weighted by molar-refractivity contribution is 7.53. The molecule has 0 saturated heterocycles. The molecule has 0 radical (unpaired) electrons. The van der Waals surface area contributed by atoms with Gasteiger partial charge >= 0.3 is 15.2 Å². The number of ether oxygens (including phenoxy) is 3. The van der Waals surface area contributed by atoms with Gasteiger partial charge in [-0.05, 0) is 38.1 Å². The Balaban J connectivity index is 1.81. The summed E-state index contributed by atoms with van der Waals surface area (Å²) in [5.74, 6) is -1.07. The predicted octanol–water partition coefficient (Wildman–Crippen LogP) is 3.79. The number of benzene rings is 2. The molecule has 4 atom stereocenters. The van der Waals surface area contributed by atoms with E-state index in [-0.39, 0.29) is 26.4 Å². The van der Waals surface area contributed by atoms with Gasteiger partial charge in [-0.3, -0.25) is 19.8 Å². The molecule has 0 fully saturated rings. The van der Waals surface area contributed by atoms with Gasteiger partial charge in [0.1, 0.15) is 36.3 Å². The Hall–Kier alpha value is -1.78. The monoisotopic (exact) mass is 558 g/mol.